The maximum Gasteiger partial charge on any atom is 0.469 e. The van der Waals surface area contributed by atoms with E-state index in [1.807, 2.05) is 0 Å². The summed E-state index contributed by atoms with van der Waals surface area (Å²) < 4.78 is 25.0. The van der Waals surface area contributed by atoms with Gasteiger partial charge in [0.05, 0.1) is 6.10 Å². The number of carbonyl (C=O) groups excluding carboxylic acids is 1. The summed E-state index contributed by atoms with van der Waals surface area (Å²) in [5.41, 5.74) is 0. The van der Waals surface area contributed by atoms with E-state index in [0.717, 1.165) is 12.2 Å². The van der Waals surface area contributed by atoms with Gasteiger partial charge < -0.3 is 22.2 Å². The van der Waals surface area contributed by atoms with Crippen molar-refractivity contribution in [1.82, 2.24) is 0 Å². The first-order valence-corrected chi connectivity index (χ1v) is 21.7. The van der Waals surface area contributed by atoms with Crippen LogP contribution in [0.4, 0.5) is 0 Å². The molecule has 0 aliphatic heterocycles. The van der Waals surface area contributed by atoms with Crippen molar-refractivity contribution in [3.63, 3.8) is 0 Å². The monoisotopic (exact) mass is 466 g/mol. The molecule has 0 aromatic rings. The van der Waals surface area contributed by atoms with Crippen LogP contribution < -0.4 is 0 Å². The molecule has 0 aromatic carbocycles. The summed E-state index contributed by atoms with van der Waals surface area (Å²) in [7, 11) is -8.82. The van der Waals surface area contributed by atoms with Crippen molar-refractivity contribution < 1.29 is 31.8 Å². The molecule has 0 rings (SSSR count). The van der Waals surface area contributed by atoms with Crippen molar-refractivity contribution in [2.45, 2.75) is 84.4 Å². The Kier molecular flexibility index (Phi) is 10.2. The highest BCUT2D eigenvalue weighted by Crippen LogP contribution is 2.30. The van der Waals surface area contributed by atoms with Gasteiger partial charge in [0.25, 0.3) is 0 Å². The van der Waals surface area contributed by atoms with Crippen molar-refractivity contribution in [3.8, 4) is 0 Å². The smallest absolute Gasteiger partial charge is 0.469 e. The Balaban J connectivity index is 5.43. The number of carbonyl (C=O) groups is 2. The molecule has 0 saturated carbocycles. The molecule has 0 aliphatic rings. The van der Waals surface area contributed by atoms with Crippen LogP contribution in [0.2, 0.25) is 65.0 Å². The Hall–Kier alpha value is -0.572. The second kappa shape index (κ2) is 10.5. The standard InChI is InChI=1S/C17H38O7Si4/c1-15(21-17(20)12-11-16(18)19)13-14-28(22-25(2,3)4,23-26(5,6)7)24-27(8,9)10/h11-12,15H,13-14H2,1-10H3,(H,18,19)/b12-11+. The number of hydrogen-bond donors (Lipinski definition) is 1. The Labute approximate surface area is 174 Å². The lowest BCUT2D eigenvalue weighted by Gasteiger charge is -2.43. The molecular formula is C17H38O7Si4. The molecule has 0 radical (unpaired) electrons. The molecule has 1 unspecified atom stereocenters. The highest BCUT2D eigenvalue weighted by atomic mass is 28.5. The van der Waals surface area contributed by atoms with Crippen molar-refractivity contribution in [3.05, 3.63) is 12.2 Å². The third kappa shape index (κ3) is 14.4. The lowest BCUT2D eigenvalue weighted by Crippen LogP contribution is -2.60. The van der Waals surface area contributed by atoms with Crippen LogP contribution in [0, 0.1) is 0 Å². The molecule has 0 saturated heterocycles. The summed E-state index contributed by atoms with van der Waals surface area (Å²) in [4.78, 5) is 22.3. The zero-order chi connectivity index (χ0) is 22.4. The molecule has 1 atom stereocenters. The maximum absolute atomic E-state index is 11.7. The second-order valence-electron chi connectivity index (χ2n) is 9.78. The average Bonchev–Trinajstić information content (AvgIpc) is 2.37. The van der Waals surface area contributed by atoms with Crippen molar-refractivity contribution in [2.24, 2.45) is 0 Å². The summed E-state index contributed by atoms with van der Waals surface area (Å²) in [6.07, 6.45) is 1.81. The minimum Gasteiger partial charge on any atom is -0.478 e. The van der Waals surface area contributed by atoms with Gasteiger partial charge in [-0.15, -0.1) is 0 Å². The Morgan fingerprint density at radius 2 is 1.21 bits per heavy atom. The molecule has 1 N–H and O–H groups in total. The predicted molar refractivity (Wildman–Crippen MR) is 121 cm³/mol. The van der Waals surface area contributed by atoms with E-state index in [1.165, 1.54) is 0 Å². The van der Waals surface area contributed by atoms with Gasteiger partial charge in [-0.2, -0.15) is 0 Å². The average molecular weight is 467 g/mol. The predicted octanol–water partition coefficient (Wildman–Crippen LogP) is 4.44. The summed E-state index contributed by atoms with van der Waals surface area (Å²) in [5, 5.41) is 8.60. The zero-order valence-electron chi connectivity index (χ0n) is 19.0. The van der Waals surface area contributed by atoms with Gasteiger partial charge in [-0.25, -0.2) is 9.59 Å². The van der Waals surface area contributed by atoms with Crippen molar-refractivity contribution in [1.29, 1.82) is 0 Å². The fraction of sp³-hybridized carbons (Fsp3) is 0.765. The Morgan fingerprint density at radius 1 is 0.821 bits per heavy atom. The van der Waals surface area contributed by atoms with E-state index in [0.29, 0.717) is 12.5 Å². The SMILES string of the molecule is CC(CC[Si](O[Si](C)(C)C)(O[Si](C)(C)C)O[Si](C)(C)C)OC(=O)/C=C/C(=O)O. The highest BCUT2D eigenvalue weighted by molar-refractivity contribution is 6.90. The van der Waals surface area contributed by atoms with Gasteiger partial charge in [-0.3, -0.25) is 0 Å². The number of carboxylic acids is 1. The number of rotatable bonds is 12. The summed E-state index contributed by atoms with van der Waals surface area (Å²) in [6, 6.07) is 0.558. The fourth-order valence-electron chi connectivity index (χ4n) is 2.43. The van der Waals surface area contributed by atoms with E-state index >= 15 is 0 Å². The van der Waals surface area contributed by atoms with Gasteiger partial charge in [-0.1, -0.05) is 0 Å². The van der Waals surface area contributed by atoms with Gasteiger partial charge in [0.15, 0.2) is 25.0 Å². The summed E-state index contributed by atoms with van der Waals surface area (Å²) in [5.74, 6) is -1.86. The normalized spacial score (nSPS) is 14.9. The molecule has 0 amide bonds. The van der Waals surface area contributed by atoms with E-state index in [1.54, 1.807) is 6.92 Å². The molecule has 7 nitrogen and oxygen atoms in total. The lowest BCUT2D eigenvalue weighted by atomic mass is 10.3. The quantitative estimate of drug-likeness (QED) is 0.258. The highest BCUT2D eigenvalue weighted by Gasteiger charge is 2.49. The third-order valence-corrected chi connectivity index (χ3v) is 14.9. The lowest BCUT2D eigenvalue weighted by molar-refractivity contribution is -0.143. The van der Waals surface area contributed by atoms with Gasteiger partial charge >= 0.3 is 20.7 Å². The Morgan fingerprint density at radius 3 is 1.54 bits per heavy atom. The first kappa shape index (κ1) is 27.4. The van der Waals surface area contributed by atoms with Crippen LogP contribution in [0.5, 0.6) is 0 Å². The van der Waals surface area contributed by atoms with Crippen molar-refractivity contribution >= 4 is 45.7 Å². The van der Waals surface area contributed by atoms with E-state index in [-0.39, 0.29) is 0 Å². The van der Waals surface area contributed by atoms with E-state index in [9.17, 15) is 9.59 Å². The summed E-state index contributed by atoms with van der Waals surface area (Å²) >= 11 is 0. The molecule has 11 heteroatoms. The fourth-order valence-corrected chi connectivity index (χ4v) is 17.2. The molecule has 0 bridgehead atoms. The molecular weight excluding hydrogens is 429 g/mol. The molecule has 0 spiro atoms. The van der Waals surface area contributed by atoms with Gasteiger partial charge in [-0.05, 0) is 72.3 Å². The molecule has 0 fully saturated rings. The van der Waals surface area contributed by atoms with Crippen LogP contribution in [0.15, 0.2) is 12.2 Å². The first-order valence-electron chi connectivity index (χ1n) is 9.55. The number of hydrogen-bond acceptors (Lipinski definition) is 6. The first-order chi connectivity index (χ1) is 12.3. The van der Waals surface area contributed by atoms with Crippen molar-refractivity contribution in [2.75, 3.05) is 0 Å². The molecule has 0 heterocycles. The third-order valence-electron chi connectivity index (χ3n) is 2.92. The van der Waals surface area contributed by atoms with E-state index in [2.05, 4.69) is 58.9 Å². The summed E-state index contributed by atoms with van der Waals surface area (Å²) in [6.45, 7) is 20.9. The number of esters is 1. The number of aliphatic carboxylic acids is 1. The molecule has 28 heavy (non-hydrogen) atoms. The number of ether oxygens (including phenoxy) is 1. The van der Waals surface area contributed by atoms with Crippen LogP contribution in [0.25, 0.3) is 0 Å². The molecule has 164 valence electrons. The van der Waals surface area contributed by atoms with Gasteiger partial charge in [0.1, 0.15) is 0 Å². The minimum absolute atomic E-state index is 0.404. The maximum atomic E-state index is 11.7. The largest absolute Gasteiger partial charge is 0.478 e. The van der Waals surface area contributed by atoms with Crippen LogP contribution >= 0.6 is 0 Å². The zero-order valence-corrected chi connectivity index (χ0v) is 23.0. The van der Waals surface area contributed by atoms with Crippen LogP contribution in [0.3, 0.4) is 0 Å². The van der Waals surface area contributed by atoms with Crippen LogP contribution in [-0.2, 0) is 26.7 Å². The number of carboxylic acid groups (broad SMARTS) is 1. The second-order valence-corrected chi connectivity index (χ2v) is 26.8. The van der Waals surface area contributed by atoms with Gasteiger partial charge in [0, 0.05) is 18.2 Å². The topological polar surface area (TPSA) is 91.3 Å². The minimum atomic E-state index is -2.97. The van der Waals surface area contributed by atoms with Gasteiger partial charge in [0.2, 0.25) is 0 Å². The van der Waals surface area contributed by atoms with E-state index < -0.39 is 51.8 Å². The molecule has 0 aromatic heterocycles. The molecule has 0 aliphatic carbocycles. The van der Waals surface area contributed by atoms with Crippen LogP contribution in [0.1, 0.15) is 13.3 Å². The van der Waals surface area contributed by atoms with E-state index in [4.69, 9.17) is 22.2 Å². The Bertz CT molecular complexity index is 519. The van der Waals surface area contributed by atoms with Crippen LogP contribution in [-0.4, -0.2) is 56.9 Å².